The molecule has 1 aromatic rings. The predicted octanol–water partition coefficient (Wildman–Crippen LogP) is 0.369. The van der Waals surface area contributed by atoms with E-state index in [0.29, 0.717) is 5.56 Å². The predicted molar refractivity (Wildman–Crippen MR) is 68.2 cm³/mol. The second-order valence-electron chi connectivity index (χ2n) is 4.20. The molecule has 0 fully saturated rings. The molecule has 7 nitrogen and oxygen atoms in total. The van der Waals surface area contributed by atoms with Gasteiger partial charge < -0.3 is 20.6 Å². The lowest BCUT2D eigenvalue weighted by molar-refractivity contribution is -0.143. The highest BCUT2D eigenvalue weighted by atomic mass is 16.4. The summed E-state index contributed by atoms with van der Waals surface area (Å²) < 4.78 is 0. The number of aromatic hydroxyl groups is 1. The van der Waals surface area contributed by atoms with Crippen molar-refractivity contribution >= 4 is 17.8 Å². The summed E-state index contributed by atoms with van der Waals surface area (Å²) >= 11 is 0. The minimum absolute atomic E-state index is 0.0555. The molecule has 0 aliphatic rings. The monoisotopic (exact) mass is 281 g/mol. The van der Waals surface area contributed by atoms with E-state index in [1.165, 1.54) is 6.07 Å². The topological polar surface area (TPSA) is 124 Å². The Morgan fingerprint density at radius 1 is 1.15 bits per heavy atom. The molecular weight excluding hydrogens is 266 g/mol. The molecule has 1 rings (SSSR count). The average Bonchev–Trinajstić information content (AvgIpc) is 2.36. The van der Waals surface area contributed by atoms with Crippen LogP contribution in [0.5, 0.6) is 5.75 Å². The second-order valence-corrected chi connectivity index (χ2v) is 4.20. The summed E-state index contributed by atoms with van der Waals surface area (Å²) in [6, 6.07) is 4.94. The van der Waals surface area contributed by atoms with Crippen LogP contribution in [-0.2, 0) is 20.8 Å². The molecule has 0 heterocycles. The Balaban J connectivity index is 2.60. The minimum Gasteiger partial charge on any atom is -0.508 e. The van der Waals surface area contributed by atoms with Crippen molar-refractivity contribution in [1.29, 1.82) is 0 Å². The maximum Gasteiger partial charge on any atom is 0.326 e. The third kappa shape index (κ3) is 4.97. The van der Waals surface area contributed by atoms with Gasteiger partial charge in [0.05, 0.1) is 6.42 Å². The lowest BCUT2D eigenvalue weighted by Gasteiger charge is -2.13. The van der Waals surface area contributed by atoms with E-state index >= 15 is 0 Å². The number of hydrogen-bond acceptors (Lipinski definition) is 4. The molecule has 0 aromatic heterocycles. The molecule has 1 aromatic carbocycles. The summed E-state index contributed by atoms with van der Waals surface area (Å²) in [6.45, 7) is 0. The highest BCUT2D eigenvalue weighted by molar-refractivity contribution is 5.85. The van der Waals surface area contributed by atoms with Gasteiger partial charge in [0.25, 0.3) is 0 Å². The number of carboxylic acid groups (broad SMARTS) is 2. The molecule has 0 radical (unpaired) electrons. The fourth-order valence-electron chi connectivity index (χ4n) is 1.60. The van der Waals surface area contributed by atoms with Crippen molar-refractivity contribution in [3.05, 3.63) is 29.8 Å². The third-order valence-electron chi connectivity index (χ3n) is 2.62. The number of nitrogens with one attached hydrogen (secondary N) is 1. The van der Waals surface area contributed by atoms with Crippen molar-refractivity contribution < 1.29 is 29.7 Å². The number of amides is 1. The van der Waals surface area contributed by atoms with Crippen LogP contribution in [0.1, 0.15) is 18.4 Å². The summed E-state index contributed by atoms with van der Waals surface area (Å²) in [5.74, 6) is -3.08. The average molecular weight is 281 g/mol. The molecule has 4 N–H and O–H groups in total. The van der Waals surface area contributed by atoms with Crippen LogP contribution >= 0.6 is 0 Å². The van der Waals surface area contributed by atoms with E-state index in [4.69, 9.17) is 10.2 Å². The molecule has 0 saturated carbocycles. The van der Waals surface area contributed by atoms with Gasteiger partial charge in [-0.25, -0.2) is 4.79 Å². The van der Waals surface area contributed by atoms with E-state index in [1.807, 2.05) is 0 Å². The van der Waals surface area contributed by atoms with Gasteiger partial charge in [0.1, 0.15) is 11.8 Å². The summed E-state index contributed by atoms with van der Waals surface area (Å²) in [4.78, 5) is 33.0. The Morgan fingerprint density at radius 2 is 1.80 bits per heavy atom. The van der Waals surface area contributed by atoms with Crippen molar-refractivity contribution in [1.82, 2.24) is 5.32 Å². The largest absolute Gasteiger partial charge is 0.508 e. The summed E-state index contributed by atoms with van der Waals surface area (Å²) in [5, 5.41) is 29.1. The van der Waals surface area contributed by atoms with Crippen molar-refractivity contribution in [2.45, 2.75) is 25.3 Å². The van der Waals surface area contributed by atoms with Crippen molar-refractivity contribution in [3.8, 4) is 5.75 Å². The van der Waals surface area contributed by atoms with Gasteiger partial charge in [0.2, 0.25) is 5.91 Å². The van der Waals surface area contributed by atoms with Crippen LogP contribution in [-0.4, -0.2) is 39.2 Å². The number of hydrogen-bond donors (Lipinski definition) is 4. The van der Waals surface area contributed by atoms with E-state index in [0.717, 1.165) is 0 Å². The molecule has 20 heavy (non-hydrogen) atoms. The first-order valence-electron chi connectivity index (χ1n) is 5.91. The number of carboxylic acids is 2. The molecule has 1 amide bonds. The number of benzene rings is 1. The van der Waals surface area contributed by atoms with Gasteiger partial charge in [0, 0.05) is 12.0 Å². The zero-order chi connectivity index (χ0) is 15.1. The highest BCUT2D eigenvalue weighted by Gasteiger charge is 2.21. The van der Waals surface area contributed by atoms with Crippen LogP contribution in [0, 0.1) is 0 Å². The van der Waals surface area contributed by atoms with Gasteiger partial charge in [-0.1, -0.05) is 18.2 Å². The first kappa shape index (κ1) is 15.5. The Hall–Kier alpha value is -2.57. The molecule has 0 spiro atoms. The van der Waals surface area contributed by atoms with E-state index < -0.39 is 23.9 Å². The number of rotatable bonds is 7. The highest BCUT2D eigenvalue weighted by Crippen LogP contribution is 2.16. The van der Waals surface area contributed by atoms with E-state index in [2.05, 4.69) is 5.32 Å². The molecule has 0 saturated heterocycles. The first-order valence-corrected chi connectivity index (χ1v) is 5.91. The molecule has 108 valence electrons. The maximum atomic E-state index is 11.7. The van der Waals surface area contributed by atoms with Crippen LogP contribution in [0.4, 0.5) is 0 Å². The number of para-hydroxylation sites is 1. The van der Waals surface area contributed by atoms with Gasteiger partial charge in [-0.3, -0.25) is 9.59 Å². The zero-order valence-corrected chi connectivity index (χ0v) is 10.6. The van der Waals surface area contributed by atoms with Crippen LogP contribution in [0.3, 0.4) is 0 Å². The Labute approximate surface area is 114 Å². The van der Waals surface area contributed by atoms with Crippen LogP contribution in [0.15, 0.2) is 24.3 Å². The normalized spacial score (nSPS) is 11.6. The Morgan fingerprint density at radius 3 is 2.35 bits per heavy atom. The Kier molecular flexibility index (Phi) is 5.52. The maximum absolute atomic E-state index is 11.7. The van der Waals surface area contributed by atoms with Gasteiger partial charge >= 0.3 is 11.9 Å². The molecule has 0 bridgehead atoms. The lowest BCUT2D eigenvalue weighted by atomic mass is 10.1. The number of phenols is 1. The minimum atomic E-state index is -1.29. The van der Waals surface area contributed by atoms with Gasteiger partial charge in [0.15, 0.2) is 0 Å². The fraction of sp³-hybridized carbons (Fsp3) is 0.308. The standard InChI is InChI=1S/C13H15NO6/c15-10-4-2-1-3-8(10)7-11(16)14-9(13(19)20)5-6-12(17)18/h1-4,9,15H,5-7H2,(H,14,16)(H,17,18)(H,19,20). The number of phenolic OH excluding ortho intramolecular Hbond substituents is 1. The number of aliphatic carboxylic acids is 2. The second kappa shape index (κ2) is 7.13. The van der Waals surface area contributed by atoms with Crippen LogP contribution < -0.4 is 5.32 Å². The lowest BCUT2D eigenvalue weighted by Crippen LogP contribution is -2.41. The third-order valence-corrected chi connectivity index (χ3v) is 2.62. The van der Waals surface area contributed by atoms with E-state index in [1.54, 1.807) is 18.2 Å². The smallest absolute Gasteiger partial charge is 0.326 e. The molecule has 0 aliphatic heterocycles. The zero-order valence-electron chi connectivity index (χ0n) is 10.6. The molecule has 0 aliphatic carbocycles. The first-order chi connectivity index (χ1) is 9.40. The quantitative estimate of drug-likeness (QED) is 0.572. The SMILES string of the molecule is O=C(O)CCC(NC(=O)Cc1ccccc1O)C(=O)O. The number of carbonyl (C=O) groups is 3. The summed E-state index contributed by atoms with van der Waals surface area (Å²) in [7, 11) is 0. The summed E-state index contributed by atoms with van der Waals surface area (Å²) in [6.07, 6.45) is -0.728. The van der Waals surface area contributed by atoms with Gasteiger partial charge in [-0.05, 0) is 12.5 Å². The molecular formula is C13H15NO6. The van der Waals surface area contributed by atoms with E-state index in [-0.39, 0.29) is 25.0 Å². The van der Waals surface area contributed by atoms with Gasteiger partial charge in [-0.2, -0.15) is 0 Å². The van der Waals surface area contributed by atoms with Crippen LogP contribution in [0.25, 0.3) is 0 Å². The van der Waals surface area contributed by atoms with Crippen LogP contribution in [0.2, 0.25) is 0 Å². The van der Waals surface area contributed by atoms with E-state index in [9.17, 15) is 19.5 Å². The molecule has 1 unspecified atom stereocenters. The molecule has 7 heteroatoms. The summed E-state index contributed by atoms with van der Waals surface area (Å²) in [5.41, 5.74) is 0.368. The fourth-order valence-corrected chi connectivity index (χ4v) is 1.60. The van der Waals surface area contributed by atoms with Crippen molar-refractivity contribution in [2.75, 3.05) is 0 Å². The Bertz CT molecular complexity index is 513. The van der Waals surface area contributed by atoms with Gasteiger partial charge in [-0.15, -0.1) is 0 Å². The van der Waals surface area contributed by atoms with Crippen molar-refractivity contribution in [2.24, 2.45) is 0 Å². The number of carbonyl (C=O) groups excluding carboxylic acids is 1. The molecule has 1 atom stereocenters. The van der Waals surface area contributed by atoms with Crippen molar-refractivity contribution in [3.63, 3.8) is 0 Å².